The van der Waals surface area contributed by atoms with Crippen molar-refractivity contribution in [2.75, 3.05) is 6.54 Å². The third-order valence-corrected chi connectivity index (χ3v) is 4.84. The van der Waals surface area contributed by atoms with Gasteiger partial charge in [0.25, 0.3) is 5.56 Å². The highest BCUT2D eigenvalue weighted by atomic mass is 35.5. The summed E-state index contributed by atoms with van der Waals surface area (Å²) in [6.45, 7) is 8.06. The number of fused-ring (bicyclic) bond motifs is 1. The van der Waals surface area contributed by atoms with Gasteiger partial charge in [-0.15, -0.1) is 0 Å². The Morgan fingerprint density at radius 2 is 1.92 bits per heavy atom. The molecular weight excluding hydrogens is 347 g/mol. The van der Waals surface area contributed by atoms with Crippen LogP contribution in [-0.4, -0.2) is 26.4 Å². The molecule has 0 atom stereocenters. The lowest BCUT2D eigenvalue weighted by molar-refractivity contribution is 0.241. The number of nitrogens with one attached hydrogen (secondary N) is 1. The molecule has 0 amide bonds. The van der Waals surface area contributed by atoms with Crippen molar-refractivity contribution in [3.63, 3.8) is 0 Å². The summed E-state index contributed by atoms with van der Waals surface area (Å²) >= 11 is 12.4. The van der Waals surface area contributed by atoms with Gasteiger partial charge in [0, 0.05) is 49.4 Å². The summed E-state index contributed by atoms with van der Waals surface area (Å²) in [6, 6.07) is 0. The van der Waals surface area contributed by atoms with Crippen LogP contribution >= 0.6 is 23.2 Å². The molecule has 0 unspecified atom stereocenters. The summed E-state index contributed by atoms with van der Waals surface area (Å²) in [5.74, 6) is 0.736. The van der Waals surface area contributed by atoms with Gasteiger partial charge < -0.3 is 4.98 Å². The molecule has 0 aliphatic carbocycles. The van der Waals surface area contributed by atoms with Gasteiger partial charge in [-0.25, -0.2) is 4.98 Å². The molecule has 0 bridgehead atoms. The van der Waals surface area contributed by atoms with Crippen LogP contribution in [0.4, 0.5) is 0 Å². The predicted octanol–water partition coefficient (Wildman–Crippen LogP) is 3.33. The average Bonchev–Trinajstić information content (AvgIpc) is 2.50. The molecule has 128 valence electrons. The van der Waals surface area contributed by atoms with Gasteiger partial charge in [0.05, 0.1) is 21.3 Å². The largest absolute Gasteiger partial charge is 0.310 e. The Kier molecular flexibility index (Phi) is 4.69. The van der Waals surface area contributed by atoms with E-state index >= 15 is 0 Å². The fraction of sp³-hybridized carbons (Fsp3) is 0.471. The molecule has 5 nitrogen and oxygen atoms in total. The number of rotatable bonds is 2. The fourth-order valence-corrected chi connectivity index (χ4v) is 3.27. The van der Waals surface area contributed by atoms with Gasteiger partial charge in [-0.2, -0.15) is 0 Å². The molecule has 1 aliphatic rings. The summed E-state index contributed by atoms with van der Waals surface area (Å²) in [7, 11) is 0. The van der Waals surface area contributed by atoms with Crippen molar-refractivity contribution in [1.82, 2.24) is 19.9 Å². The van der Waals surface area contributed by atoms with Crippen LogP contribution in [0.1, 0.15) is 43.4 Å². The van der Waals surface area contributed by atoms with Crippen molar-refractivity contribution in [3.05, 3.63) is 55.4 Å². The third-order valence-electron chi connectivity index (χ3n) is 4.19. The Hall–Kier alpha value is -1.43. The lowest BCUT2D eigenvalue weighted by Gasteiger charge is -2.29. The number of aromatic nitrogens is 3. The molecule has 3 heterocycles. The van der Waals surface area contributed by atoms with E-state index in [4.69, 9.17) is 23.2 Å². The predicted molar refractivity (Wildman–Crippen MR) is 95.6 cm³/mol. The van der Waals surface area contributed by atoms with Crippen LogP contribution in [0, 0.1) is 0 Å². The van der Waals surface area contributed by atoms with E-state index in [0.29, 0.717) is 23.1 Å². The highest BCUT2D eigenvalue weighted by Gasteiger charge is 2.25. The summed E-state index contributed by atoms with van der Waals surface area (Å²) in [5.41, 5.74) is 2.24. The zero-order valence-electron chi connectivity index (χ0n) is 14.0. The zero-order valence-corrected chi connectivity index (χ0v) is 15.5. The molecule has 3 rings (SSSR count). The van der Waals surface area contributed by atoms with Crippen molar-refractivity contribution < 1.29 is 0 Å². The SMILES string of the molecule is CC(C)(C)c1nc2c(c(=O)[nH]1)CN(Cc1c(Cl)cncc1Cl)CC2. The summed E-state index contributed by atoms with van der Waals surface area (Å²) in [6.07, 6.45) is 3.91. The Bertz CT molecular complexity index is 806. The summed E-state index contributed by atoms with van der Waals surface area (Å²) < 4.78 is 0. The molecule has 2 aromatic rings. The van der Waals surface area contributed by atoms with Crippen molar-refractivity contribution >= 4 is 23.2 Å². The highest BCUT2D eigenvalue weighted by molar-refractivity contribution is 6.35. The van der Waals surface area contributed by atoms with Crippen LogP contribution in [0.15, 0.2) is 17.2 Å². The van der Waals surface area contributed by atoms with E-state index in [1.54, 1.807) is 12.4 Å². The van der Waals surface area contributed by atoms with Gasteiger partial charge in [0.2, 0.25) is 0 Å². The quantitative estimate of drug-likeness (QED) is 0.885. The first kappa shape index (κ1) is 17.4. The maximum atomic E-state index is 12.5. The maximum absolute atomic E-state index is 12.5. The topological polar surface area (TPSA) is 61.9 Å². The number of halogens is 2. The van der Waals surface area contributed by atoms with Crippen molar-refractivity contribution in [2.24, 2.45) is 0 Å². The molecular formula is C17H20Cl2N4O. The zero-order chi connectivity index (χ0) is 17.5. The smallest absolute Gasteiger partial charge is 0.255 e. The lowest BCUT2D eigenvalue weighted by Crippen LogP contribution is -2.37. The van der Waals surface area contributed by atoms with Crippen molar-refractivity contribution in [1.29, 1.82) is 0 Å². The first-order valence-corrected chi connectivity index (χ1v) is 8.64. The van der Waals surface area contributed by atoms with E-state index in [-0.39, 0.29) is 11.0 Å². The molecule has 7 heteroatoms. The molecule has 0 fully saturated rings. The molecule has 0 saturated carbocycles. The van der Waals surface area contributed by atoms with Gasteiger partial charge in [-0.05, 0) is 0 Å². The molecule has 0 aromatic carbocycles. The van der Waals surface area contributed by atoms with Crippen LogP contribution in [0.3, 0.4) is 0 Å². The van der Waals surface area contributed by atoms with Crippen molar-refractivity contribution in [3.8, 4) is 0 Å². The Labute approximate surface area is 151 Å². The van der Waals surface area contributed by atoms with Crippen LogP contribution in [0.25, 0.3) is 0 Å². The second kappa shape index (κ2) is 6.47. The average molecular weight is 367 g/mol. The molecule has 24 heavy (non-hydrogen) atoms. The molecule has 1 aliphatic heterocycles. The van der Waals surface area contributed by atoms with Crippen LogP contribution in [-0.2, 0) is 24.9 Å². The monoisotopic (exact) mass is 366 g/mol. The van der Waals surface area contributed by atoms with E-state index in [1.165, 1.54) is 0 Å². The number of pyridine rings is 1. The van der Waals surface area contributed by atoms with Gasteiger partial charge in [0.1, 0.15) is 5.82 Å². The highest BCUT2D eigenvalue weighted by Crippen LogP contribution is 2.27. The number of aromatic amines is 1. The number of hydrogen-bond donors (Lipinski definition) is 1. The van der Waals surface area contributed by atoms with E-state index in [1.807, 2.05) is 20.8 Å². The van der Waals surface area contributed by atoms with Gasteiger partial charge in [-0.1, -0.05) is 44.0 Å². The van der Waals surface area contributed by atoms with Gasteiger partial charge in [0.15, 0.2) is 0 Å². The minimum absolute atomic E-state index is 0.0541. The van der Waals surface area contributed by atoms with Gasteiger partial charge >= 0.3 is 0 Å². The van der Waals surface area contributed by atoms with Crippen LogP contribution in [0.2, 0.25) is 10.0 Å². The normalized spacial score (nSPS) is 15.4. The van der Waals surface area contributed by atoms with E-state index < -0.39 is 0 Å². The first-order valence-electron chi connectivity index (χ1n) is 7.88. The van der Waals surface area contributed by atoms with Crippen LogP contribution < -0.4 is 5.56 Å². The Morgan fingerprint density at radius 1 is 1.25 bits per heavy atom. The molecule has 0 radical (unpaired) electrons. The van der Waals surface area contributed by atoms with Crippen LogP contribution in [0.5, 0.6) is 0 Å². The molecule has 0 saturated heterocycles. The molecule has 0 spiro atoms. The number of nitrogens with zero attached hydrogens (tertiary/aromatic N) is 3. The second-order valence-corrected chi connectivity index (χ2v) is 7.95. The minimum Gasteiger partial charge on any atom is -0.310 e. The standard InChI is InChI=1S/C17H20Cl2N4O/c1-17(2,3)16-21-14-4-5-23(9-11(14)15(24)22-16)8-10-12(18)6-20-7-13(10)19/h6-7H,4-5,8-9H2,1-3H3,(H,21,22,24). The van der Waals surface area contributed by atoms with Crippen molar-refractivity contribution in [2.45, 2.75) is 45.7 Å². The first-order chi connectivity index (χ1) is 11.3. The maximum Gasteiger partial charge on any atom is 0.255 e. The molecule has 2 aromatic heterocycles. The number of H-pyrrole nitrogens is 1. The van der Waals surface area contributed by atoms with E-state index in [2.05, 4.69) is 19.9 Å². The number of hydrogen-bond acceptors (Lipinski definition) is 4. The van der Waals surface area contributed by atoms with E-state index in [9.17, 15) is 4.79 Å². The Balaban J connectivity index is 1.86. The third kappa shape index (κ3) is 3.48. The summed E-state index contributed by atoms with van der Waals surface area (Å²) in [5, 5.41) is 1.09. The second-order valence-electron chi connectivity index (χ2n) is 7.13. The minimum atomic E-state index is -0.177. The molecule has 1 N–H and O–H groups in total. The Morgan fingerprint density at radius 3 is 2.54 bits per heavy atom. The lowest BCUT2D eigenvalue weighted by atomic mass is 9.95. The van der Waals surface area contributed by atoms with Gasteiger partial charge in [-0.3, -0.25) is 14.7 Å². The van der Waals surface area contributed by atoms with E-state index in [0.717, 1.165) is 35.6 Å². The summed E-state index contributed by atoms with van der Waals surface area (Å²) in [4.78, 5) is 26.2. The fourth-order valence-electron chi connectivity index (χ4n) is 2.78.